The Morgan fingerprint density at radius 1 is 0.605 bits per heavy atom. The molecule has 0 aliphatic heterocycles. The van der Waals surface area contributed by atoms with Gasteiger partial charge in [-0.15, -0.1) is 0 Å². The highest BCUT2D eigenvalue weighted by Gasteiger charge is 2.19. The number of imidazole rings is 1. The maximum Gasteiger partial charge on any atom is 0.145 e. The second-order valence-electron chi connectivity index (χ2n) is 11.5. The molecule has 2 nitrogen and oxygen atoms in total. The van der Waals surface area contributed by atoms with Crippen LogP contribution in [0.2, 0.25) is 0 Å². The lowest BCUT2D eigenvalue weighted by molar-refractivity contribution is 0.979. The molecule has 0 atom stereocenters. The van der Waals surface area contributed by atoms with Crippen LogP contribution >= 0.6 is 0 Å². The molecular formula is C41H32N2. The van der Waals surface area contributed by atoms with E-state index >= 15 is 0 Å². The number of hydrogen-bond acceptors (Lipinski definition) is 1. The smallest absolute Gasteiger partial charge is 0.145 e. The maximum atomic E-state index is 5.11. The predicted octanol–water partition coefficient (Wildman–Crippen LogP) is 11.2. The van der Waals surface area contributed by atoms with Crippen LogP contribution in [0.4, 0.5) is 0 Å². The van der Waals surface area contributed by atoms with Crippen LogP contribution in [0.15, 0.2) is 145 Å². The summed E-state index contributed by atoms with van der Waals surface area (Å²) in [5, 5.41) is 5.23. The van der Waals surface area contributed by atoms with E-state index in [1.165, 1.54) is 49.4 Å². The number of hydrogen-bond donors (Lipinski definition) is 0. The molecule has 0 unspecified atom stereocenters. The van der Waals surface area contributed by atoms with Gasteiger partial charge in [-0.05, 0) is 94.3 Å². The quantitative estimate of drug-likeness (QED) is 0.199. The van der Waals surface area contributed by atoms with Crippen LogP contribution in [-0.2, 0) is 0 Å². The van der Waals surface area contributed by atoms with E-state index in [0.29, 0.717) is 0 Å². The van der Waals surface area contributed by atoms with Gasteiger partial charge in [-0.3, -0.25) is 4.57 Å². The van der Waals surface area contributed by atoms with Crippen molar-refractivity contribution in [2.75, 3.05) is 0 Å². The van der Waals surface area contributed by atoms with Crippen molar-refractivity contribution in [3.63, 3.8) is 0 Å². The fourth-order valence-corrected chi connectivity index (χ4v) is 6.72. The van der Waals surface area contributed by atoms with E-state index in [0.717, 1.165) is 47.4 Å². The van der Waals surface area contributed by atoms with E-state index in [1.807, 2.05) is 0 Å². The summed E-state index contributed by atoms with van der Waals surface area (Å²) >= 11 is 0. The lowest BCUT2D eigenvalue weighted by Crippen LogP contribution is -1.98. The predicted molar refractivity (Wildman–Crippen MR) is 184 cm³/mol. The number of benzene rings is 5. The molecule has 0 saturated heterocycles. The van der Waals surface area contributed by atoms with Crippen molar-refractivity contribution >= 4 is 43.8 Å². The number of rotatable bonds is 4. The highest BCUT2D eigenvalue weighted by molar-refractivity contribution is 6.18. The second kappa shape index (κ2) is 10.6. The number of aromatic nitrogens is 2. The zero-order valence-electron chi connectivity index (χ0n) is 24.3. The molecule has 1 heterocycles. The summed E-state index contributed by atoms with van der Waals surface area (Å²) in [6.07, 6.45) is 18.7. The van der Waals surface area contributed by atoms with Gasteiger partial charge in [-0.25, -0.2) is 4.98 Å². The average molecular weight is 553 g/mol. The Balaban J connectivity index is 1.32. The summed E-state index contributed by atoms with van der Waals surface area (Å²) in [5.41, 5.74) is 11.1. The minimum absolute atomic E-state index is 0.936. The number of nitrogens with zero attached hydrogens (tertiary/aromatic N) is 2. The van der Waals surface area contributed by atoms with Crippen molar-refractivity contribution in [1.82, 2.24) is 9.55 Å². The first-order valence-corrected chi connectivity index (χ1v) is 15.2. The monoisotopic (exact) mass is 552 g/mol. The van der Waals surface area contributed by atoms with Gasteiger partial charge in [0.15, 0.2) is 0 Å². The highest BCUT2D eigenvalue weighted by atomic mass is 15.1. The third-order valence-corrected chi connectivity index (χ3v) is 8.82. The van der Waals surface area contributed by atoms with Gasteiger partial charge in [-0.1, -0.05) is 121 Å². The topological polar surface area (TPSA) is 17.8 Å². The summed E-state index contributed by atoms with van der Waals surface area (Å²) < 4.78 is 2.28. The average Bonchev–Trinajstić information content (AvgIpc) is 3.23. The molecular weight excluding hydrogens is 520 g/mol. The van der Waals surface area contributed by atoms with Gasteiger partial charge >= 0.3 is 0 Å². The Morgan fingerprint density at radius 2 is 1.26 bits per heavy atom. The third kappa shape index (κ3) is 4.38. The van der Waals surface area contributed by atoms with E-state index in [-0.39, 0.29) is 0 Å². The lowest BCUT2D eigenvalue weighted by atomic mass is 9.83. The van der Waals surface area contributed by atoms with Crippen LogP contribution in [0.5, 0.6) is 0 Å². The molecule has 5 aromatic carbocycles. The standard InChI is InChI=1S/C41H32N2/c1-28-20-22-29(23-21-28)39-33-14-6-8-16-35(33)40(36-17-9-7-15-34(36)39)30-24-26-31(27-25-30)41-42-37-18-10-11-19-38(37)43(41)32-12-4-2-3-5-13-32/h2,4-20,22,24-27H,3,21,23H2,1H3. The van der Waals surface area contributed by atoms with Gasteiger partial charge in [0.05, 0.1) is 11.0 Å². The molecule has 43 heavy (non-hydrogen) atoms. The zero-order valence-corrected chi connectivity index (χ0v) is 24.3. The molecule has 206 valence electrons. The Morgan fingerprint density at radius 3 is 1.95 bits per heavy atom. The number of para-hydroxylation sites is 2. The van der Waals surface area contributed by atoms with Gasteiger partial charge in [0.25, 0.3) is 0 Å². The van der Waals surface area contributed by atoms with Crippen molar-refractivity contribution in [3.8, 4) is 22.5 Å². The Labute approximate surface area is 252 Å². The molecule has 2 aliphatic carbocycles. The zero-order chi connectivity index (χ0) is 28.8. The molecule has 0 amide bonds. The first kappa shape index (κ1) is 25.5. The van der Waals surface area contributed by atoms with E-state index < -0.39 is 0 Å². The third-order valence-electron chi connectivity index (χ3n) is 8.82. The molecule has 0 fully saturated rings. The highest BCUT2D eigenvalue weighted by Crippen LogP contribution is 2.44. The molecule has 1 aromatic heterocycles. The van der Waals surface area contributed by atoms with Crippen LogP contribution < -0.4 is 0 Å². The largest absolute Gasteiger partial charge is 0.292 e. The number of fused-ring (bicyclic) bond motifs is 3. The molecule has 0 N–H and O–H groups in total. The van der Waals surface area contributed by atoms with Gasteiger partial charge < -0.3 is 0 Å². The van der Waals surface area contributed by atoms with E-state index in [2.05, 4.69) is 151 Å². The van der Waals surface area contributed by atoms with Crippen molar-refractivity contribution in [2.24, 2.45) is 0 Å². The fourth-order valence-electron chi connectivity index (χ4n) is 6.72. The van der Waals surface area contributed by atoms with Crippen molar-refractivity contribution in [2.45, 2.75) is 26.2 Å². The Bertz CT molecular complexity index is 2140. The second-order valence-corrected chi connectivity index (χ2v) is 11.5. The molecule has 2 heteroatoms. The maximum absolute atomic E-state index is 5.11. The minimum Gasteiger partial charge on any atom is -0.292 e. The fraction of sp³-hybridized carbons (Fsp3) is 0.0976. The number of allylic oxidation sites excluding steroid dienone is 10. The Kier molecular flexibility index (Phi) is 6.26. The van der Waals surface area contributed by atoms with Crippen molar-refractivity contribution in [3.05, 3.63) is 151 Å². The molecule has 0 bridgehead atoms. The lowest BCUT2D eigenvalue weighted by Gasteiger charge is -2.21. The summed E-state index contributed by atoms with van der Waals surface area (Å²) in [6.45, 7) is 2.23. The summed E-state index contributed by atoms with van der Waals surface area (Å²) in [5.74, 6) is 0.955. The first-order chi connectivity index (χ1) is 21.3. The van der Waals surface area contributed by atoms with Crippen molar-refractivity contribution < 1.29 is 0 Å². The van der Waals surface area contributed by atoms with Crippen LogP contribution in [0.3, 0.4) is 0 Å². The normalized spacial score (nSPS) is 15.0. The van der Waals surface area contributed by atoms with Gasteiger partial charge in [0.2, 0.25) is 0 Å². The van der Waals surface area contributed by atoms with Gasteiger partial charge in [-0.2, -0.15) is 0 Å². The van der Waals surface area contributed by atoms with E-state index in [9.17, 15) is 0 Å². The molecule has 6 aromatic rings. The van der Waals surface area contributed by atoms with Crippen molar-refractivity contribution in [1.29, 1.82) is 0 Å². The SMILES string of the molecule is CC1=CC=C(c2c3ccccc3c(-c3ccc(-c4nc5ccccc5n4C4=CC=CCC=C4)cc3)c3ccccc23)CC1. The summed E-state index contributed by atoms with van der Waals surface area (Å²) in [4.78, 5) is 5.11. The molecule has 0 spiro atoms. The minimum atomic E-state index is 0.936. The van der Waals surface area contributed by atoms with Crippen LogP contribution in [-0.4, -0.2) is 9.55 Å². The molecule has 8 rings (SSSR count). The van der Waals surface area contributed by atoms with Gasteiger partial charge in [0, 0.05) is 11.3 Å². The summed E-state index contributed by atoms with van der Waals surface area (Å²) in [7, 11) is 0. The Hall–Kier alpha value is -5.21. The van der Waals surface area contributed by atoms with E-state index in [4.69, 9.17) is 4.98 Å². The van der Waals surface area contributed by atoms with Gasteiger partial charge in [0.1, 0.15) is 5.82 Å². The molecule has 0 radical (unpaired) electrons. The van der Waals surface area contributed by atoms with Crippen LogP contribution in [0.25, 0.3) is 66.4 Å². The first-order valence-electron chi connectivity index (χ1n) is 15.2. The summed E-state index contributed by atoms with van der Waals surface area (Å²) in [6, 6.07) is 35.3. The molecule has 2 aliphatic rings. The van der Waals surface area contributed by atoms with Crippen LogP contribution in [0, 0.1) is 0 Å². The van der Waals surface area contributed by atoms with E-state index in [1.54, 1.807) is 0 Å². The van der Waals surface area contributed by atoms with Crippen LogP contribution in [0.1, 0.15) is 31.7 Å². The molecule has 0 saturated carbocycles.